The summed E-state index contributed by atoms with van der Waals surface area (Å²) < 4.78 is 11.4. The van der Waals surface area contributed by atoms with E-state index in [9.17, 15) is 28.8 Å². The van der Waals surface area contributed by atoms with Crippen LogP contribution in [-0.2, 0) is 5.41 Å². The first-order valence-corrected chi connectivity index (χ1v) is 17.0. The van der Waals surface area contributed by atoms with Gasteiger partial charge in [0, 0.05) is 7.05 Å². The Bertz CT molecular complexity index is 2620. The van der Waals surface area contributed by atoms with Crippen LogP contribution >= 0.6 is 0 Å². The number of fused-ring (bicyclic) bond motifs is 5. The number of benzene rings is 6. The molecule has 0 saturated heterocycles. The van der Waals surface area contributed by atoms with Gasteiger partial charge in [-0.1, -0.05) is 72.8 Å². The van der Waals surface area contributed by atoms with Crippen molar-refractivity contribution in [2.24, 2.45) is 0 Å². The van der Waals surface area contributed by atoms with Crippen LogP contribution in [0.15, 0.2) is 133 Å². The van der Waals surface area contributed by atoms with Gasteiger partial charge in [0.25, 0.3) is 23.6 Å². The first kappa shape index (κ1) is 32.4. The molecule has 3 aliphatic rings. The third-order valence-electron chi connectivity index (χ3n) is 10.2. The molecule has 1 aliphatic carbocycles. The van der Waals surface area contributed by atoms with Crippen LogP contribution in [-0.4, -0.2) is 47.5 Å². The van der Waals surface area contributed by atoms with E-state index in [1.165, 1.54) is 43.4 Å². The largest absolute Gasteiger partial charge is 0.423 e. The molecule has 0 saturated carbocycles. The number of hydrogen-bond donors (Lipinski definition) is 1. The number of rotatable bonds is 6. The molecule has 6 aromatic rings. The molecule has 0 fully saturated rings. The Morgan fingerprint density at radius 2 is 0.944 bits per heavy atom. The highest BCUT2D eigenvalue weighted by molar-refractivity contribution is 6.22. The molecule has 2 heterocycles. The lowest BCUT2D eigenvalue weighted by Crippen LogP contribution is -2.28. The summed E-state index contributed by atoms with van der Waals surface area (Å²) in [5.74, 6) is -2.75. The van der Waals surface area contributed by atoms with Gasteiger partial charge in [-0.3, -0.25) is 29.4 Å². The minimum absolute atomic E-state index is 0.122. The standard InChI is InChI=1S/C44H26N2O8/c1-46-40(49)33-21-11-25(23-35(33)41(46)50)43(52)54-29-18-14-27(15-19-29)44(36-8-4-2-6-30(36)31-7-3-5-9-37(31)44)26-12-16-28(17-13-26)53-42(51)24-10-20-32-34(22-24)39(48)45-38(32)47/h2-23H,1H3,(H,45,47,48). The van der Waals surface area contributed by atoms with Gasteiger partial charge in [-0.15, -0.1) is 0 Å². The van der Waals surface area contributed by atoms with Gasteiger partial charge in [0.15, 0.2) is 0 Å². The molecular formula is C44H26N2O8. The molecular weight excluding hydrogens is 684 g/mol. The van der Waals surface area contributed by atoms with Crippen molar-refractivity contribution in [3.63, 3.8) is 0 Å². The molecule has 1 N–H and O–H groups in total. The molecule has 2 aliphatic heterocycles. The molecule has 0 radical (unpaired) electrons. The minimum atomic E-state index is -0.808. The van der Waals surface area contributed by atoms with Gasteiger partial charge in [0.2, 0.25) is 0 Å². The Morgan fingerprint density at radius 1 is 0.500 bits per heavy atom. The molecule has 4 amide bonds. The normalized spacial score (nSPS) is 14.6. The van der Waals surface area contributed by atoms with Crippen molar-refractivity contribution in [2.75, 3.05) is 7.05 Å². The summed E-state index contributed by atoms with van der Waals surface area (Å²) in [6.07, 6.45) is 0. The molecule has 0 unspecified atom stereocenters. The number of imide groups is 2. The van der Waals surface area contributed by atoms with Crippen LogP contribution in [0.4, 0.5) is 0 Å². The second kappa shape index (κ2) is 12.1. The topological polar surface area (TPSA) is 136 Å². The molecule has 260 valence electrons. The van der Waals surface area contributed by atoms with Crippen LogP contribution in [0.1, 0.15) is 84.4 Å². The predicted octanol–water partition coefficient (Wildman–Crippen LogP) is 6.60. The van der Waals surface area contributed by atoms with E-state index in [0.717, 1.165) is 38.3 Å². The van der Waals surface area contributed by atoms with Crippen molar-refractivity contribution >= 4 is 35.6 Å². The lowest BCUT2D eigenvalue weighted by Gasteiger charge is -2.34. The molecule has 54 heavy (non-hydrogen) atoms. The highest BCUT2D eigenvalue weighted by Crippen LogP contribution is 2.56. The molecule has 10 nitrogen and oxygen atoms in total. The van der Waals surface area contributed by atoms with Crippen LogP contribution in [0.3, 0.4) is 0 Å². The first-order valence-electron chi connectivity index (χ1n) is 17.0. The number of amides is 4. The fraction of sp³-hybridized carbons (Fsp3) is 0.0455. The van der Waals surface area contributed by atoms with Crippen LogP contribution in [0.2, 0.25) is 0 Å². The van der Waals surface area contributed by atoms with E-state index < -0.39 is 41.0 Å². The first-order chi connectivity index (χ1) is 26.1. The van der Waals surface area contributed by atoms with Crippen molar-refractivity contribution < 1.29 is 38.2 Å². The second-order valence-electron chi connectivity index (χ2n) is 13.1. The SMILES string of the molecule is CN1C(=O)c2ccc(C(=O)Oc3ccc(C4(c5ccc(OC(=O)c6ccc7c(c6)C(=O)NC7=O)cc5)c5ccccc5-c5ccccc54)cc3)cc2C1=O. The Labute approximate surface area is 307 Å². The number of hydrogen-bond acceptors (Lipinski definition) is 8. The van der Waals surface area contributed by atoms with Crippen molar-refractivity contribution in [3.05, 3.63) is 189 Å². The summed E-state index contributed by atoms with van der Waals surface area (Å²) in [6, 6.07) is 39.3. The van der Waals surface area contributed by atoms with Crippen molar-refractivity contribution in [3.8, 4) is 22.6 Å². The lowest BCUT2D eigenvalue weighted by molar-refractivity contribution is 0.0688. The van der Waals surface area contributed by atoms with Gasteiger partial charge in [0.05, 0.1) is 38.8 Å². The van der Waals surface area contributed by atoms with E-state index >= 15 is 0 Å². The third-order valence-corrected chi connectivity index (χ3v) is 10.2. The average Bonchev–Trinajstić information content (AvgIpc) is 3.75. The Hall–Kier alpha value is -7.46. The zero-order valence-corrected chi connectivity index (χ0v) is 28.4. The summed E-state index contributed by atoms with van der Waals surface area (Å²) in [6.45, 7) is 0. The maximum atomic E-state index is 13.2. The third kappa shape index (κ3) is 4.81. The molecule has 0 atom stereocenters. The van der Waals surface area contributed by atoms with E-state index in [0.29, 0.717) is 0 Å². The average molecular weight is 711 g/mol. The number of ether oxygens (including phenoxy) is 2. The summed E-state index contributed by atoms with van der Waals surface area (Å²) in [4.78, 5) is 76.3. The number of carbonyl (C=O) groups is 6. The Kier molecular flexibility index (Phi) is 7.25. The van der Waals surface area contributed by atoms with Gasteiger partial charge in [-0.05, 0) is 94.0 Å². The van der Waals surface area contributed by atoms with E-state index in [-0.39, 0.29) is 44.9 Å². The quantitative estimate of drug-likeness (QED) is 0.116. The van der Waals surface area contributed by atoms with Gasteiger partial charge in [0.1, 0.15) is 11.5 Å². The zero-order chi connectivity index (χ0) is 37.3. The maximum Gasteiger partial charge on any atom is 0.343 e. The van der Waals surface area contributed by atoms with E-state index in [4.69, 9.17) is 9.47 Å². The van der Waals surface area contributed by atoms with Gasteiger partial charge in [-0.25, -0.2) is 9.59 Å². The molecule has 9 rings (SSSR count). The smallest absolute Gasteiger partial charge is 0.343 e. The zero-order valence-electron chi connectivity index (χ0n) is 28.4. The van der Waals surface area contributed by atoms with Crippen LogP contribution < -0.4 is 14.8 Å². The molecule has 0 spiro atoms. The highest BCUT2D eigenvalue weighted by atomic mass is 16.5. The lowest BCUT2D eigenvalue weighted by atomic mass is 9.68. The van der Waals surface area contributed by atoms with Crippen LogP contribution in [0.25, 0.3) is 11.1 Å². The fourth-order valence-electron chi connectivity index (χ4n) is 7.68. The summed E-state index contributed by atoms with van der Waals surface area (Å²) in [5.41, 5.74) is 6.16. The molecule has 6 aromatic carbocycles. The summed E-state index contributed by atoms with van der Waals surface area (Å²) >= 11 is 0. The molecule has 10 heteroatoms. The molecule has 0 bridgehead atoms. The van der Waals surface area contributed by atoms with E-state index in [1.807, 2.05) is 48.5 Å². The Morgan fingerprint density at radius 3 is 1.48 bits per heavy atom. The maximum absolute atomic E-state index is 13.2. The number of carbonyl (C=O) groups excluding carboxylic acids is 6. The van der Waals surface area contributed by atoms with Crippen LogP contribution in [0.5, 0.6) is 11.5 Å². The van der Waals surface area contributed by atoms with Crippen LogP contribution in [0, 0.1) is 0 Å². The monoisotopic (exact) mass is 710 g/mol. The number of nitrogens with zero attached hydrogens (tertiary/aromatic N) is 1. The fourth-order valence-corrected chi connectivity index (χ4v) is 7.68. The molecule has 0 aromatic heterocycles. The van der Waals surface area contributed by atoms with Gasteiger partial charge < -0.3 is 9.47 Å². The predicted molar refractivity (Wildman–Crippen MR) is 195 cm³/mol. The number of esters is 2. The summed E-state index contributed by atoms with van der Waals surface area (Å²) in [5, 5.41) is 2.22. The van der Waals surface area contributed by atoms with Crippen molar-refractivity contribution in [1.82, 2.24) is 10.2 Å². The minimum Gasteiger partial charge on any atom is -0.423 e. The van der Waals surface area contributed by atoms with Crippen molar-refractivity contribution in [2.45, 2.75) is 5.41 Å². The van der Waals surface area contributed by atoms with E-state index in [2.05, 4.69) is 29.6 Å². The van der Waals surface area contributed by atoms with Gasteiger partial charge >= 0.3 is 11.9 Å². The second-order valence-corrected chi connectivity index (χ2v) is 13.1. The number of nitrogens with one attached hydrogen (secondary N) is 1. The van der Waals surface area contributed by atoms with E-state index in [1.54, 1.807) is 24.3 Å². The highest BCUT2D eigenvalue weighted by Gasteiger charge is 2.46. The Balaban J connectivity index is 1.05. The van der Waals surface area contributed by atoms with Crippen molar-refractivity contribution in [1.29, 1.82) is 0 Å². The van der Waals surface area contributed by atoms with Gasteiger partial charge in [-0.2, -0.15) is 0 Å². The summed E-state index contributed by atoms with van der Waals surface area (Å²) in [7, 11) is 1.39.